The molecule has 0 spiro atoms. The van der Waals surface area contributed by atoms with E-state index in [2.05, 4.69) is 35.1 Å². The van der Waals surface area contributed by atoms with E-state index >= 15 is 0 Å². The van der Waals surface area contributed by atoms with Crippen LogP contribution in [0.25, 0.3) is 0 Å². The van der Waals surface area contributed by atoms with Crippen molar-refractivity contribution in [3.05, 3.63) is 50.4 Å². The van der Waals surface area contributed by atoms with Gasteiger partial charge in [0.05, 0.1) is 3.79 Å². The molecular weight excluding hydrogens is 353 g/mol. The van der Waals surface area contributed by atoms with Crippen molar-refractivity contribution in [1.29, 1.82) is 0 Å². The normalized spacial score (nSPS) is 12.4. The molecule has 0 saturated carbocycles. The van der Waals surface area contributed by atoms with Crippen LogP contribution in [-0.2, 0) is 6.61 Å². The van der Waals surface area contributed by atoms with E-state index < -0.39 is 0 Å². The van der Waals surface area contributed by atoms with E-state index in [9.17, 15) is 4.39 Å². The minimum atomic E-state index is -0.274. The maximum Gasteiger partial charge on any atom is 0.127 e. The number of benzene rings is 1. The fraction of sp³-hybridized carbons (Fsp3) is 0.375. The third-order valence-corrected chi connectivity index (χ3v) is 4.74. The molecule has 1 aromatic heterocycles. The van der Waals surface area contributed by atoms with Gasteiger partial charge in [0.15, 0.2) is 0 Å². The largest absolute Gasteiger partial charge is 0.488 e. The highest BCUT2D eigenvalue weighted by atomic mass is 79.9. The first kappa shape index (κ1) is 16.5. The summed E-state index contributed by atoms with van der Waals surface area (Å²) in [6.45, 7) is 5.57. The molecule has 1 heterocycles. The monoisotopic (exact) mass is 371 g/mol. The highest BCUT2D eigenvalue weighted by Crippen LogP contribution is 2.28. The second kappa shape index (κ2) is 7.92. The zero-order valence-electron chi connectivity index (χ0n) is 12.2. The first-order valence-corrected chi connectivity index (χ1v) is 8.61. The highest BCUT2D eigenvalue weighted by molar-refractivity contribution is 9.11. The third-order valence-electron chi connectivity index (χ3n) is 3.14. The Morgan fingerprint density at radius 3 is 2.81 bits per heavy atom. The predicted octanol–water partition coefficient (Wildman–Crippen LogP) is 5.29. The number of thiophene rings is 1. The van der Waals surface area contributed by atoms with Gasteiger partial charge in [-0.25, -0.2) is 4.39 Å². The fourth-order valence-electron chi connectivity index (χ4n) is 2.04. The smallest absolute Gasteiger partial charge is 0.127 e. The Bertz CT molecular complexity index is 587. The van der Waals surface area contributed by atoms with Gasteiger partial charge >= 0.3 is 0 Å². The van der Waals surface area contributed by atoms with Crippen LogP contribution in [0.3, 0.4) is 0 Å². The quantitative estimate of drug-likeness (QED) is 0.713. The first-order valence-electron chi connectivity index (χ1n) is 7.00. The molecule has 2 aromatic rings. The van der Waals surface area contributed by atoms with Gasteiger partial charge in [0.1, 0.15) is 18.2 Å². The van der Waals surface area contributed by atoms with Crippen molar-refractivity contribution in [2.75, 3.05) is 6.54 Å². The van der Waals surface area contributed by atoms with E-state index in [-0.39, 0.29) is 11.9 Å². The van der Waals surface area contributed by atoms with Gasteiger partial charge in [-0.1, -0.05) is 13.0 Å². The molecule has 0 bridgehead atoms. The zero-order chi connectivity index (χ0) is 15.2. The molecule has 5 heteroatoms. The molecule has 1 aromatic carbocycles. The van der Waals surface area contributed by atoms with Crippen LogP contribution < -0.4 is 10.1 Å². The Balaban J connectivity index is 2.10. The van der Waals surface area contributed by atoms with Gasteiger partial charge in [0.2, 0.25) is 0 Å². The fourth-order valence-corrected chi connectivity index (χ4v) is 3.44. The third kappa shape index (κ3) is 4.80. The molecule has 114 valence electrons. The van der Waals surface area contributed by atoms with Gasteiger partial charge < -0.3 is 10.1 Å². The van der Waals surface area contributed by atoms with E-state index in [1.165, 1.54) is 12.1 Å². The van der Waals surface area contributed by atoms with E-state index in [1.807, 2.05) is 12.1 Å². The first-order chi connectivity index (χ1) is 10.1. The summed E-state index contributed by atoms with van der Waals surface area (Å²) < 4.78 is 20.4. The molecule has 1 atom stereocenters. The summed E-state index contributed by atoms with van der Waals surface area (Å²) in [5, 5.41) is 3.40. The summed E-state index contributed by atoms with van der Waals surface area (Å²) in [5.41, 5.74) is 0.987. The molecule has 0 radical (unpaired) electrons. The SMILES string of the molecule is CCCNC(C)c1ccc(F)cc1OCc1ccc(Br)s1. The summed E-state index contributed by atoms with van der Waals surface area (Å²) in [5.74, 6) is 0.333. The van der Waals surface area contributed by atoms with Crippen molar-refractivity contribution < 1.29 is 9.13 Å². The molecule has 0 aliphatic carbocycles. The number of hydrogen-bond donors (Lipinski definition) is 1. The molecule has 1 unspecified atom stereocenters. The van der Waals surface area contributed by atoms with Gasteiger partial charge in [-0.15, -0.1) is 11.3 Å². The predicted molar refractivity (Wildman–Crippen MR) is 89.5 cm³/mol. The number of nitrogens with one attached hydrogen (secondary N) is 1. The van der Waals surface area contributed by atoms with Crippen LogP contribution in [-0.4, -0.2) is 6.54 Å². The van der Waals surface area contributed by atoms with E-state index in [4.69, 9.17) is 4.74 Å². The minimum absolute atomic E-state index is 0.135. The van der Waals surface area contributed by atoms with Gasteiger partial charge in [0, 0.05) is 22.5 Å². The molecule has 0 fully saturated rings. The molecule has 2 rings (SSSR count). The minimum Gasteiger partial charge on any atom is -0.488 e. The van der Waals surface area contributed by atoms with E-state index in [0.29, 0.717) is 12.4 Å². The lowest BCUT2D eigenvalue weighted by Gasteiger charge is -2.18. The van der Waals surface area contributed by atoms with Crippen LogP contribution in [0.15, 0.2) is 34.1 Å². The van der Waals surface area contributed by atoms with Crippen LogP contribution in [0.5, 0.6) is 5.75 Å². The second-order valence-corrected chi connectivity index (χ2v) is 7.40. The Morgan fingerprint density at radius 2 is 2.14 bits per heavy atom. The van der Waals surface area contributed by atoms with Crippen molar-refractivity contribution in [3.8, 4) is 5.75 Å². The Morgan fingerprint density at radius 1 is 1.33 bits per heavy atom. The molecule has 0 aliphatic heterocycles. The Hall–Kier alpha value is -0.910. The van der Waals surface area contributed by atoms with Crippen LogP contribution in [0.2, 0.25) is 0 Å². The lowest BCUT2D eigenvalue weighted by Crippen LogP contribution is -2.20. The summed E-state index contributed by atoms with van der Waals surface area (Å²) in [7, 11) is 0. The van der Waals surface area contributed by atoms with Gasteiger partial charge in [-0.05, 0) is 54.0 Å². The van der Waals surface area contributed by atoms with Crippen molar-refractivity contribution >= 4 is 27.3 Å². The summed E-state index contributed by atoms with van der Waals surface area (Å²) in [4.78, 5) is 1.10. The van der Waals surface area contributed by atoms with Crippen LogP contribution in [0.1, 0.15) is 36.8 Å². The molecule has 0 aliphatic rings. The Labute approximate surface area is 137 Å². The molecule has 21 heavy (non-hydrogen) atoms. The summed E-state index contributed by atoms with van der Waals surface area (Å²) >= 11 is 5.05. The maximum atomic E-state index is 13.5. The van der Waals surface area contributed by atoms with E-state index in [0.717, 1.165) is 27.2 Å². The summed E-state index contributed by atoms with van der Waals surface area (Å²) in [6, 6.07) is 8.86. The van der Waals surface area contributed by atoms with Crippen molar-refractivity contribution in [1.82, 2.24) is 5.32 Å². The summed E-state index contributed by atoms with van der Waals surface area (Å²) in [6.07, 6.45) is 1.06. The van der Waals surface area contributed by atoms with Crippen LogP contribution in [0.4, 0.5) is 4.39 Å². The molecule has 0 amide bonds. The van der Waals surface area contributed by atoms with Crippen molar-refractivity contribution in [2.45, 2.75) is 32.9 Å². The number of hydrogen-bond acceptors (Lipinski definition) is 3. The maximum absolute atomic E-state index is 13.5. The van der Waals surface area contributed by atoms with Gasteiger partial charge in [-0.3, -0.25) is 0 Å². The average Bonchev–Trinajstić information content (AvgIpc) is 2.88. The number of rotatable bonds is 7. The van der Waals surface area contributed by atoms with Crippen LogP contribution >= 0.6 is 27.3 Å². The zero-order valence-corrected chi connectivity index (χ0v) is 14.6. The van der Waals surface area contributed by atoms with Crippen molar-refractivity contribution in [3.63, 3.8) is 0 Å². The topological polar surface area (TPSA) is 21.3 Å². The Kier molecular flexibility index (Phi) is 6.21. The van der Waals surface area contributed by atoms with Gasteiger partial charge in [-0.2, -0.15) is 0 Å². The number of halogens is 2. The molecule has 1 N–H and O–H groups in total. The second-order valence-electron chi connectivity index (χ2n) is 4.85. The highest BCUT2D eigenvalue weighted by Gasteiger charge is 2.12. The lowest BCUT2D eigenvalue weighted by atomic mass is 10.1. The molecule has 2 nitrogen and oxygen atoms in total. The molecular formula is C16H19BrFNOS. The van der Waals surface area contributed by atoms with E-state index in [1.54, 1.807) is 17.4 Å². The standard InChI is InChI=1S/C16H19BrFNOS/c1-3-8-19-11(2)14-6-4-12(18)9-15(14)20-10-13-5-7-16(17)21-13/h4-7,9,11,19H,3,8,10H2,1-2H3. The lowest BCUT2D eigenvalue weighted by molar-refractivity contribution is 0.301. The van der Waals surface area contributed by atoms with Gasteiger partial charge in [0.25, 0.3) is 0 Å². The van der Waals surface area contributed by atoms with Crippen molar-refractivity contribution in [2.24, 2.45) is 0 Å². The average molecular weight is 372 g/mol. The number of ether oxygens (including phenoxy) is 1. The molecule has 0 saturated heterocycles. The van der Waals surface area contributed by atoms with Crippen LogP contribution in [0, 0.1) is 5.82 Å².